The fourth-order valence-electron chi connectivity index (χ4n) is 1.41. The van der Waals surface area contributed by atoms with Crippen LogP contribution in [0.3, 0.4) is 0 Å². The molecule has 0 saturated carbocycles. The maximum Gasteiger partial charge on any atom is 0.407 e. The number of alkyl carbamates (subject to hydrolysis) is 1. The number of carbonyl (C=O) groups is 2. The molecular weight excluding hydrogens is 415 g/mol. The van der Waals surface area contributed by atoms with E-state index < -0.39 is 11.7 Å². The molecule has 3 N–H and O–H groups in total. The third kappa shape index (κ3) is 12.9. The number of rotatable bonds is 6. The Kier molecular flexibility index (Phi) is 12.7. The average molecular weight is 444 g/mol. The summed E-state index contributed by atoms with van der Waals surface area (Å²) in [6.45, 7) is 8.45. The molecule has 0 rings (SSSR count). The van der Waals surface area contributed by atoms with Crippen molar-refractivity contribution in [3.63, 3.8) is 0 Å². The number of guanidine groups is 1. The van der Waals surface area contributed by atoms with Gasteiger partial charge in [0.1, 0.15) is 5.60 Å². The second-order valence-electron chi connectivity index (χ2n) is 5.73. The highest BCUT2D eigenvalue weighted by Crippen LogP contribution is 2.05. The van der Waals surface area contributed by atoms with Crippen LogP contribution in [-0.2, 0) is 14.3 Å². The summed E-state index contributed by atoms with van der Waals surface area (Å²) in [5.41, 5.74) is -0.515. The number of methoxy groups -OCH3 is 1. The summed E-state index contributed by atoms with van der Waals surface area (Å²) in [6, 6.07) is 0. The molecule has 9 heteroatoms. The summed E-state index contributed by atoms with van der Waals surface area (Å²) in [4.78, 5) is 26.7. The first-order valence-electron chi connectivity index (χ1n) is 7.18. The van der Waals surface area contributed by atoms with Crippen LogP contribution < -0.4 is 16.0 Å². The number of hydrogen-bond donors (Lipinski definition) is 3. The van der Waals surface area contributed by atoms with E-state index in [9.17, 15) is 9.59 Å². The zero-order chi connectivity index (χ0) is 17.2. The Morgan fingerprint density at radius 3 is 2.17 bits per heavy atom. The molecule has 8 nitrogen and oxygen atoms in total. The van der Waals surface area contributed by atoms with Crippen molar-refractivity contribution >= 4 is 42.0 Å². The van der Waals surface area contributed by atoms with Gasteiger partial charge in [0.15, 0.2) is 5.96 Å². The van der Waals surface area contributed by atoms with E-state index in [-0.39, 0.29) is 35.9 Å². The molecule has 0 aromatic heterocycles. The highest BCUT2D eigenvalue weighted by atomic mass is 127. The molecule has 0 aromatic rings. The second kappa shape index (κ2) is 12.2. The monoisotopic (exact) mass is 444 g/mol. The number of nitrogens with one attached hydrogen (secondary N) is 3. The largest absolute Gasteiger partial charge is 0.469 e. The molecule has 0 aromatic carbocycles. The minimum absolute atomic E-state index is 0. The zero-order valence-electron chi connectivity index (χ0n) is 14.7. The van der Waals surface area contributed by atoms with E-state index in [4.69, 9.17) is 4.74 Å². The Hall–Kier alpha value is -1.26. The van der Waals surface area contributed by atoms with Gasteiger partial charge in [-0.1, -0.05) is 6.92 Å². The van der Waals surface area contributed by atoms with Gasteiger partial charge in [-0.05, 0) is 20.8 Å². The lowest BCUT2D eigenvalue weighted by atomic mass is 10.2. The summed E-state index contributed by atoms with van der Waals surface area (Å²) in [5, 5.41) is 8.65. The number of amides is 1. The van der Waals surface area contributed by atoms with E-state index in [0.29, 0.717) is 25.6 Å². The quantitative estimate of drug-likeness (QED) is 0.187. The first kappa shape index (κ1) is 24.0. The van der Waals surface area contributed by atoms with Gasteiger partial charge >= 0.3 is 12.1 Å². The van der Waals surface area contributed by atoms with Crippen LogP contribution in [0.4, 0.5) is 4.79 Å². The van der Waals surface area contributed by atoms with Crippen molar-refractivity contribution in [2.24, 2.45) is 10.9 Å². The maximum absolute atomic E-state index is 11.4. The van der Waals surface area contributed by atoms with Crippen molar-refractivity contribution < 1.29 is 19.1 Å². The molecule has 0 heterocycles. The van der Waals surface area contributed by atoms with Gasteiger partial charge in [-0.3, -0.25) is 9.79 Å². The SMILES string of the molecule is CN=C(NCCNC(=O)OC(C)(C)C)NCC(C)C(=O)OC.I. The van der Waals surface area contributed by atoms with E-state index in [1.54, 1.807) is 34.7 Å². The molecule has 0 saturated heterocycles. The maximum atomic E-state index is 11.4. The molecule has 1 unspecified atom stereocenters. The Labute approximate surface area is 155 Å². The molecule has 1 atom stereocenters. The van der Waals surface area contributed by atoms with Crippen molar-refractivity contribution in [3.05, 3.63) is 0 Å². The van der Waals surface area contributed by atoms with Crippen molar-refractivity contribution in [3.8, 4) is 0 Å². The fourth-order valence-corrected chi connectivity index (χ4v) is 1.41. The van der Waals surface area contributed by atoms with Gasteiger partial charge in [-0.15, -0.1) is 24.0 Å². The first-order chi connectivity index (χ1) is 10.2. The summed E-state index contributed by atoms with van der Waals surface area (Å²) in [6.07, 6.45) is -0.462. The molecule has 0 spiro atoms. The van der Waals surface area contributed by atoms with Gasteiger partial charge in [0, 0.05) is 26.7 Å². The van der Waals surface area contributed by atoms with Crippen LogP contribution >= 0.6 is 24.0 Å². The van der Waals surface area contributed by atoms with E-state index >= 15 is 0 Å². The zero-order valence-corrected chi connectivity index (χ0v) is 17.0. The summed E-state index contributed by atoms with van der Waals surface area (Å²) in [5.74, 6) is -0.0141. The molecule has 136 valence electrons. The normalized spacial score (nSPS) is 12.5. The van der Waals surface area contributed by atoms with Gasteiger partial charge in [0.2, 0.25) is 0 Å². The molecule has 1 amide bonds. The smallest absolute Gasteiger partial charge is 0.407 e. The molecule has 0 radical (unpaired) electrons. The number of nitrogens with zero attached hydrogens (tertiary/aromatic N) is 1. The van der Waals surface area contributed by atoms with Crippen molar-refractivity contribution in [2.75, 3.05) is 33.8 Å². The Morgan fingerprint density at radius 2 is 1.70 bits per heavy atom. The van der Waals surface area contributed by atoms with E-state index in [1.165, 1.54) is 7.11 Å². The van der Waals surface area contributed by atoms with E-state index in [2.05, 4.69) is 25.7 Å². The van der Waals surface area contributed by atoms with Crippen LogP contribution in [-0.4, -0.2) is 57.4 Å². The van der Waals surface area contributed by atoms with Crippen molar-refractivity contribution in [1.82, 2.24) is 16.0 Å². The second-order valence-corrected chi connectivity index (χ2v) is 5.73. The van der Waals surface area contributed by atoms with Crippen LogP contribution in [0, 0.1) is 5.92 Å². The molecule has 0 aliphatic heterocycles. The number of ether oxygens (including phenoxy) is 2. The summed E-state index contributed by atoms with van der Waals surface area (Å²) >= 11 is 0. The molecule has 0 aliphatic carbocycles. The Balaban J connectivity index is 0. The first-order valence-corrected chi connectivity index (χ1v) is 7.18. The highest BCUT2D eigenvalue weighted by Gasteiger charge is 2.15. The van der Waals surface area contributed by atoms with E-state index in [1.807, 2.05) is 0 Å². The average Bonchev–Trinajstić information content (AvgIpc) is 2.43. The third-order valence-electron chi connectivity index (χ3n) is 2.49. The van der Waals surface area contributed by atoms with Gasteiger partial charge in [-0.2, -0.15) is 0 Å². The standard InChI is InChI=1S/C14H28N4O4.HI/c1-10(11(19)21-6)9-18-12(15-5)16-7-8-17-13(20)22-14(2,3)4;/h10H,7-9H2,1-6H3,(H,17,20)(H2,15,16,18);1H. The van der Waals surface area contributed by atoms with E-state index in [0.717, 1.165) is 0 Å². The lowest BCUT2D eigenvalue weighted by Gasteiger charge is -2.20. The number of halogens is 1. The van der Waals surface area contributed by atoms with Crippen LogP contribution in [0.25, 0.3) is 0 Å². The van der Waals surface area contributed by atoms with Gasteiger partial charge in [0.05, 0.1) is 13.0 Å². The predicted octanol–water partition coefficient (Wildman–Crippen LogP) is 1.10. The van der Waals surface area contributed by atoms with Crippen LogP contribution in [0.15, 0.2) is 4.99 Å². The summed E-state index contributed by atoms with van der Waals surface area (Å²) < 4.78 is 9.76. The number of carbonyl (C=O) groups excluding carboxylic acids is 2. The fraction of sp³-hybridized carbons (Fsp3) is 0.786. The van der Waals surface area contributed by atoms with Crippen LogP contribution in [0.1, 0.15) is 27.7 Å². The van der Waals surface area contributed by atoms with Crippen LogP contribution in [0.5, 0.6) is 0 Å². The lowest BCUT2D eigenvalue weighted by molar-refractivity contribution is -0.144. The number of hydrogen-bond acceptors (Lipinski definition) is 5. The topological polar surface area (TPSA) is 101 Å². The molecular formula is C14H29IN4O4. The number of esters is 1. The Bertz CT molecular complexity index is 397. The molecule has 0 fully saturated rings. The minimum atomic E-state index is -0.515. The summed E-state index contributed by atoms with van der Waals surface area (Å²) in [7, 11) is 2.98. The van der Waals surface area contributed by atoms with Gasteiger partial charge in [-0.25, -0.2) is 4.79 Å². The lowest BCUT2D eigenvalue weighted by Crippen LogP contribution is -2.44. The van der Waals surface area contributed by atoms with Crippen molar-refractivity contribution in [1.29, 1.82) is 0 Å². The van der Waals surface area contributed by atoms with Gasteiger partial charge in [0.25, 0.3) is 0 Å². The molecule has 0 bridgehead atoms. The van der Waals surface area contributed by atoms with Gasteiger partial charge < -0.3 is 25.4 Å². The van der Waals surface area contributed by atoms with Crippen molar-refractivity contribution in [2.45, 2.75) is 33.3 Å². The third-order valence-corrected chi connectivity index (χ3v) is 2.49. The number of aliphatic imine (C=N–C) groups is 1. The highest BCUT2D eigenvalue weighted by molar-refractivity contribution is 14.0. The Morgan fingerprint density at radius 1 is 1.13 bits per heavy atom. The molecule has 0 aliphatic rings. The van der Waals surface area contributed by atoms with Crippen LogP contribution in [0.2, 0.25) is 0 Å². The minimum Gasteiger partial charge on any atom is -0.469 e. The molecule has 23 heavy (non-hydrogen) atoms. The predicted molar refractivity (Wildman–Crippen MR) is 100 cm³/mol.